The second-order valence-electron chi connectivity index (χ2n) is 5.85. The van der Waals surface area contributed by atoms with Gasteiger partial charge in [0.1, 0.15) is 6.61 Å². The molecule has 0 radical (unpaired) electrons. The van der Waals surface area contributed by atoms with Gasteiger partial charge >= 0.3 is 0 Å². The molecule has 0 saturated heterocycles. The molecule has 1 aromatic heterocycles. The van der Waals surface area contributed by atoms with Crippen molar-refractivity contribution in [1.82, 2.24) is 4.98 Å². The second kappa shape index (κ2) is 8.49. The van der Waals surface area contributed by atoms with Crippen molar-refractivity contribution in [2.45, 2.75) is 20.5 Å². The van der Waals surface area contributed by atoms with Gasteiger partial charge < -0.3 is 9.47 Å². The molecule has 6 heteroatoms. The number of thiazole rings is 1. The molecule has 3 rings (SSSR count). The number of anilines is 1. The van der Waals surface area contributed by atoms with E-state index in [0.29, 0.717) is 18.1 Å². The summed E-state index contributed by atoms with van der Waals surface area (Å²) < 4.78 is 11.3. The first kappa shape index (κ1) is 17.9. The van der Waals surface area contributed by atoms with Crippen molar-refractivity contribution in [3.63, 3.8) is 0 Å². The quantitative estimate of drug-likeness (QED) is 0.482. The van der Waals surface area contributed by atoms with Crippen LogP contribution in [-0.4, -0.2) is 18.3 Å². The third-order valence-electron chi connectivity index (χ3n) is 3.70. The highest BCUT2D eigenvalue weighted by molar-refractivity contribution is 7.13. The lowest BCUT2D eigenvalue weighted by Gasteiger charge is -2.11. The summed E-state index contributed by atoms with van der Waals surface area (Å²) in [5, 5.41) is 6.95. The Morgan fingerprint density at radius 3 is 2.62 bits per heavy atom. The van der Waals surface area contributed by atoms with Gasteiger partial charge in [0.25, 0.3) is 0 Å². The molecule has 1 N–H and O–H groups in total. The average molecular weight is 367 g/mol. The number of hydrogen-bond donors (Lipinski definition) is 1. The Kier molecular flexibility index (Phi) is 5.86. The number of nitrogens with zero attached hydrogens (tertiary/aromatic N) is 2. The van der Waals surface area contributed by atoms with E-state index in [0.717, 1.165) is 22.0 Å². The molecular formula is C20H21N3O2S. The van der Waals surface area contributed by atoms with Crippen molar-refractivity contribution >= 4 is 22.7 Å². The molecule has 0 aliphatic rings. The van der Waals surface area contributed by atoms with Crippen LogP contribution in [0.3, 0.4) is 0 Å². The lowest BCUT2D eigenvalue weighted by Crippen LogP contribution is -1.98. The monoisotopic (exact) mass is 367 g/mol. The maximum absolute atomic E-state index is 5.89. The Hall–Kier alpha value is -2.86. The average Bonchev–Trinajstić information content (AvgIpc) is 3.07. The molecule has 0 aliphatic heterocycles. The Labute approximate surface area is 157 Å². The Morgan fingerprint density at radius 1 is 1.12 bits per heavy atom. The van der Waals surface area contributed by atoms with Gasteiger partial charge in [0, 0.05) is 5.38 Å². The van der Waals surface area contributed by atoms with Crippen LogP contribution in [0.4, 0.5) is 5.13 Å². The van der Waals surface area contributed by atoms with Crippen LogP contribution in [-0.2, 0) is 6.61 Å². The van der Waals surface area contributed by atoms with E-state index in [4.69, 9.17) is 9.47 Å². The van der Waals surface area contributed by atoms with Gasteiger partial charge in [-0.25, -0.2) is 4.98 Å². The molecule has 5 nitrogen and oxygen atoms in total. The summed E-state index contributed by atoms with van der Waals surface area (Å²) in [5.74, 6) is 1.37. The van der Waals surface area contributed by atoms with Gasteiger partial charge in [-0.2, -0.15) is 5.10 Å². The van der Waals surface area contributed by atoms with Crippen LogP contribution < -0.4 is 14.9 Å². The van der Waals surface area contributed by atoms with E-state index >= 15 is 0 Å². The van der Waals surface area contributed by atoms with Gasteiger partial charge in [0.15, 0.2) is 11.5 Å². The van der Waals surface area contributed by atoms with Gasteiger partial charge in [-0.15, -0.1) is 11.3 Å². The fourth-order valence-corrected chi connectivity index (χ4v) is 2.93. The number of aryl methyl sites for hydroxylation is 2. The van der Waals surface area contributed by atoms with Crippen molar-refractivity contribution in [1.29, 1.82) is 0 Å². The molecule has 2 aromatic carbocycles. The highest BCUT2D eigenvalue weighted by atomic mass is 32.1. The van der Waals surface area contributed by atoms with Crippen LogP contribution in [0.2, 0.25) is 0 Å². The van der Waals surface area contributed by atoms with Crippen molar-refractivity contribution < 1.29 is 9.47 Å². The van der Waals surface area contributed by atoms with E-state index in [1.165, 1.54) is 16.9 Å². The molecule has 0 amide bonds. The summed E-state index contributed by atoms with van der Waals surface area (Å²) in [4.78, 5) is 4.30. The zero-order valence-electron chi connectivity index (χ0n) is 15.0. The fourth-order valence-electron chi connectivity index (χ4n) is 2.30. The third-order valence-corrected chi connectivity index (χ3v) is 4.56. The van der Waals surface area contributed by atoms with Gasteiger partial charge in [-0.05, 0) is 43.2 Å². The fraction of sp³-hybridized carbons (Fsp3) is 0.200. The van der Waals surface area contributed by atoms with Gasteiger partial charge in [0.05, 0.1) is 19.0 Å². The van der Waals surface area contributed by atoms with Crippen LogP contribution in [0, 0.1) is 13.8 Å². The van der Waals surface area contributed by atoms with Crippen molar-refractivity contribution in [2.75, 3.05) is 12.5 Å². The molecule has 1 heterocycles. The summed E-state index contributed by atoms with van der Waals surface area (Å²) in [6, 6.07) is 14.0. The zero-order valence-corrected chi connectivity index (χ0v) is 15.8. The van der Waals surface area contributed by atoms with E-state index in [1.807, 2.05) is 30.5 Å². The third kappa shape index (κ3) is 4.83. The number of ether oxygens (including phenoxy) is 2. The van der Waals surface area contributed by atoms with Gasteiger partial charge in [0.2, 0.25) is 5.13 Å². The van der Waals surface area contributed by atoms with E-state index in [-0.39, 0.29) is 0 Å². The molecule has 0 fully saturated rings. The Balaban J connectivity index is 1.63. The minimum Gasteiger partial charge on any atom is -0.493 e. The van der Waals surface area contributed by atoms with Crippen LogP contribution in [0.15, 0.2) is 52.9 Å². The van der Waals surface area contributed by atoms with E-state index < -0.39 is 0 Å². The first-order valence-electron chi connectivity index (χ1n) is 8.21. The van der Waals surface area contributed by atoms with Crippen LogP contribution in [0.5, 0.6) is 11.5 Å². The Morgan fingerprint density at radius 2 is 1.92 bits per heavy atom. The molecule has 0 atom stereocenters. The lowest BCUT2D eigenvalue weighted by molar-refractivity contribution is 0.284. The smallest absolute Gasteiger partial charge is 0.203 e. The van der Waals surface area contributed by atoms with Crippen molar-refractivity contribution in [3.05, 3.63) is 70.2 Å². The summed E-state index contributed by atoms with van der Waals surface area (Å²) in [7, 11) is 1.63. The first-order chi connectivity index (χ1) is 12.6. The molecule has 3 aromatic rings. The minimum atomic E-state index is 0.495. The zero-order chi connectivity index (χ0) is 18.4. The highest BCUT2D eigenvalue weighted by Gasteiger charge is 2.06. The summed E-state index contributed by atoms with van der Waals surface area (Å²) in [6.45, 7) is 4.51. The maximum atomic E-state index is 5.89. The van der Waals surface area contributed by atoms with Crippen molar-refractivity contribution in [3.8, 4) is 11.5 Å². The molecular weight excluding hydrogens is 346 g/mol. The number of hydrogen-bond acceptors (Lipinski definition) is 6. The van der Waals surface area contributed by atoms with Gasteiger partial charge in [-0.1, -0.05) is 29.8 Å². The SMILES string of the molecule is COc1cc(C=NNc2nc(C)cs2)ccc1OCc1ccc(C)cc1. The topological polar surface area (TPSA) is 55.7 Å². The summed E-state index contributed by atoms with van der Waals surface area (Å²) in [5.41, 5.74) is 7.16. The molecule has 0 spiro atoms. The molecule has 0 aliphatic carbocycles. The van der Waals surface area contributed by atoms with E-state index in [1.54, 1.807) is 13.3 Å². The molecule has 26 heavy (non-hydrogen) atoms. The maximum Gasteiger partial charge on any atom is 0.203 e. The number of rotatable bonds is 7. The number of hydrazone groups is 1. The molecule has 0 unspecified atom stereocenters. The van der Waals surface area contributed by atoms with Crippen molar-refractivity contribution in [2.24, 2.45) is 5.10 Å². The number of methoxy groups -OCH3 is 1. The molecule has 134 valence electrons. The highest BCUT2D eigenvalue weighted by Crippen LogP contribution is 2.28. The second-order valence-corrected chi connectivity index (χ2v) is 6.71. The first-order valence-corrected chi connectivity index (χ1v) is 9.09. The normalized spacial score (nSPS) is 10.9. The predicted octanol–water partition coefficient (Wildman–Crippen LogP) is 4.79. The summed E-state index contributed by atoms with van der Waals surface area (Å²) >= 11 is 1.52. The Bertz CT molecular complexity index is 888. The van der Waals surface area contributed by atoms with E-state index in [2.05, 4.69) is 46.7 Å². The summed E-state index contributed by atoms with van der Waals surface area (Å²) in [6.07, 6.45) is 1.73. The standard InChI is InChI=1S/C20H21N3O2S/c1-14-4-6-16(7-5-14)12-25-18-9-8-17(10-19(18)24-3)11-21-23-20-22-15(2)13-26-20/h4-11,13H,12H2,1-3H3,(H,22,23). The predicted molar refractivity (Wildman–Crippen MR) is 107 cm³/mol. The molecule has 0 saturated carbocycles. The number of nitrogens with one attached hydrogen (secondary N) is 1. The van der Waals surface area contributed by atoms with Crippen LogP contribution in [0.25, 0.3) is 0 Å². The number of benzene rings is 2. The lowest BCUT2D eigenvalue weighted by atomic mass is 10.2. The minimum absolute atomic E-state index is 0.495. The van der Waals surface area contributed by atoms with E-state index in [9.17, 15) is 0 Å². The van der Waals surface area contributed by atoms with Crippen LogP contribution >= 0.6 is 11.3 Å². The van der Waals surface area contributed by atoms with Gasteiger partial charge in [-0.3, -0.25) is 5.43 Å². The van der Waals surface area contributed by atoms with Crippen LogP contribution in [0.1, 0.15) is 22.4 Å². The number of aromatic nitrogens is 1. The molecule has 0 bridgehead atoms. The largest absolute Gasteiger partial charge is 0.493 e.